The van der Waals surface area contributed by atoms with Gasteiger partial charge in [0.2, 0.25) is 5.91 Å². The van der Waals surface area contributed by atoms with E-state index in [4.69, 9.17) is 4.74 Å². The minimum atomic E-state index is -0.493. The van der Waals surface area contributed by atoms with Crippen molar-refractivity contribution in [1.82, 2.24) is 20.0 Å². The second-order valence-electron chi connectivity index (χ2n) is 6.87. The molecule has 0 aromatic carbocycles. The SMILES string of the molecule is Cc1nn(C)cc1CCC(=O)N[C@@H]1CC[C@@H](N2CCOCC2)[C@@H]1O. The molecule has 3 rings (SSSR count). The molecule has 2 aliphatic rings. The standard InChI is InChI=1S/C17H28N4O3/c1-12-13(11-20(2)19-12)3-6-16(22)18-14-4-5-15(17(14)23)21-7-9-24-10-8-21/h11,14-15,17,23H,3-10H2,1-2H3,(H,18,22)/t14-,15-,17-/m1/s1. The maximum Gasteiger partial charge on any atom is 0.220 e. The van der Waals surface area contributed by atoms with Crippen LogP contribution < -0.4 is 5.32 Å². The second kappa shape index (κ2) is 7.63. The normalized spacial score (nSPS) is 28.2. The van der Waals surface area contributed by atoms with E-state index in [-0.39, 0.29) is 18.0 Å². The minimum Gasteiger partial charge on any atom is -0.389 e. The first-order valence-corrected chi connectivity index (χ1v) is 8.83. The first-order chi connectivity index (χ1) is 11.5. The Labute approximate surface area is 143 Å². The Bertz CT molecular complexity index is 568. The monoisotopic (exact) mass is 336 g/mol. The maximum absolute atomic E-state index is 12.2. The molecule has 1 saturated carbocycles. The Morgan fingerprint density at radius 2 is 2.17 bits per heavy atom. The molecule has 1 amide bonds. The molecule has 7 heteroatoms. The molecule has 1 aliphatic carbocycles. The number of carbonyl (C=O) groups is 1. The smallest absolute Gasteiger partial charge is 0.220 e. The fourth-order valence-electron chi connectivity index (χ4n) is 3.85. The van der Waals surface area contributed by atoms with Crippen LogP contribution >= 0.6 is 0 Å². The van der Waals surface area contributed by atoms with Gasteiger partial charge in [0.25, 0.3) is 0 Å². The lowest BCUT2D eigenvalue weighted by molar-refractivity contribution is -0.122. The molecule has 2 N–H and O–H groups in total. The number of amides is 1. The Hall–Kier alpha value is -1.44. The molecule has 0 unspecified atom stereocenters. The number of aliphatic hydroxyl groups excluding tert-OH is 1. The number of morpholine rings is 1. The summed E-state index contributed by atoms with van der Waals surface area (Å²) < 4.78 is 7.15. The second-order valence-corrected chi connectivity index (χ2v) is 6.87. The largest absolute Gasteiger partial charge is 0.389 e. The highest BCUT2D eigenvalue weighted by Crippen LogP contribution is 2.25. The molecule has 3 atom stereocenters. The van der Waals surface area contributed by atoms with Crippen molar-refractivity contribution in [2.24, 2.45) is 7.05 Å². The van der Waals surface area contributed by atoms with E-state index in [1.165, 1.54) is 0 Å². The zero-order valence-electron chi connectivity index (χ0n) is 14.6. The molecule has 24 heavy (non-hydrogen) atoms. The van der Waals surface area contributed by atoms with E-state index in [1.54, 1.807) is 4.68 Å². The van der Waals surface area contributed by atoms with E-state index < -0.39 is 6.10 Å². The third-order valence-electron chi connectivity index (χ3n) is 5.18. The summed E-state index contributed by atoms with van der Waals surface area (Å²) >= 11 is 0. The van der Waals surface area contributed by atoms with Crippen molar-refractivity contribution in [2.75, 3.05) is 26.3 Å². The van der Waals surface area contributed by atoms with Crippen LogP contribution in [-0.2, 0) is 23.0 Å². The first-order valence-electron chi connectivity index (χ1n) is 8.83. The van der Waals surface area contributed by atoms with Crippen LogP contribution in [0, 0.1) is 6.92 Å². The van der Waals surface area contributed by atoms with Crippen molar-refractivity contribution < 1.29 is 14.6 Å². The van der Waals surface area contributed by atoms with Gasteiger partial charge in [0.15, 0.2) is 0 Å². The van der Waals surface area contributed by atoms with Crippen LogP contribution in [0.2, 0.25) is 0 Å². The van der Waals surface area contributed by atoms with Gasteiger partial charge in [0.05, 0.1) is 31.1 Å². The average Bonchev–Trinajstić information content (AvgIpc) is 3.08. The minimum absolute atomic E-state index is 0.00457. The fourth-order valence-corrected chi connectivity index (χ4v) is 3.85. The lowest BCUT2D eigenvalue weighted by Crippen LogP contribution is -2.51. The van der Waals surface area contributed by atoms with Gasteiger partial charge in [-0.1, -0.05) is 0 Å². The summed E-state index contributed by atoms with van der Waals surface area (Å²) in [7, 11) is 1.89. The van der Waals surface area contributed by atoms with Crippen molar-refractivity contribution in [1.29, 1.82) is 0 Å². The van der Waals surface area contributed by atoms with Crippen molar-refractivity contribution in [3.63, 3.8) is 0 Å². The number of hydrogen-bond donors (Lipinski definition) is 2. The number of aromatic nitrogens is 2. The molecule has 1 saturated heterocycles. The third kappa shape index (κ3) is 3.96. The van der Waals surface area contributed by atoms with Gasteiger partial charge in [0.1, 0.15) is 0 Å². The number of aryl methyl sites for hydroxylation is 3. The van der Waals surface area contributed by atoms with Crippen LogP contribution in [0.5, 0.6) is 0 Å². The van der Waals surface area contributed by atoms with Gasteiger partial charge in [-0.15, -0.1) is 0 Å². The molecule has 2 fully saturated rings. The lowest BCUT2D eigenvalue weighted by atomic mass is 10.1. The average molecular weight is 336 g/mol. The molecule has 1 aromatic heterocycles. The highest BCUT2D eigenvalue weighted by molar-refractivity contribution is 5.76. The van der Waals surface area contributed by atoms with Gasteiger partial charge in [0, 0.05) is 38.8 Å². The van der Waals surface area contributed by atoms with E-state index in [0.717, 1.165) is 50.4 Å². The van der Waals surface area contributed by atoms with E-state index in [0.29, 0.717) is 12.8 Å². The molecule has 2 heterocycles. The molecular formula is C17H28N4O3. The predicted molar refractivity (Wildman–Crippen MR) is 89.6 cm³/mol. The van der Waals surface area contributed by atoms with E-state index >= 15 is 0 Å². The molecule has 0 spiro atoms. The number of ether oxygens (including phenoxy) is 1. The quantitative estimate of drug-likeness (QED) is 0.791. The summed E-state index contributed by atoms with van der Waals surface area (Å²) in [4.78, 5) is 14.5. The number of nitrogens with zero attached hydrogens (tertiary/aromatic N) is 3. The predicted octanol–water partition coefficient (Wildman–Crippen LogP) is 0.00142. The van der Waals surface area contributed by atoms with Crippen LogP contribution in [0.15, 0.2) is 6.20 Å². The van der Waals surface area contributed by atoms with Gasteiger partial charge in [-0.3, -0.25) is 14.4 Å². The van der Waals surface area contributed by atoms with E-state index in [9.17, 15) is 9.90 Å². The topological polar surface area (TPSA) is 79.6 Å². The van der Waals surface area contributed by atoms with Crippen LogP contribution in [0.4, 0.5) is 0 Å². The van der Waals surface area contributed by atoms with Crippen LogP contribution in [0.1, 0.15) is 30.5 Å². The van der Waals surface area contributed by atoms with Crippen molar-refractivity contribution in [3.05, 3.63) is 17.5 Å². The highest BCUT2D eigenvalue weighted by atomic mass is 16.5. The number of aliphatic hydroxyl groups is 1. The third-order valence-corrected chi connectivity index (χ3v) is 5.18. The van der Waals surface area contributed by atoms with Crippen LogP contribution in [0.25, 0.3) is 0 Å². The Balaban J connectivity index is 1.47. The molecule has 0 radical (unpaired) electrons. The zero-order valence-corrected chi connectivity index (χ0v) is 14.6. The Morgan fingerprint density at radius 3 is 2.83 bits per heavy atom. The molecule has 1 aliphatic heterocycles. The maximum atomic E-state index is 12.2. The summed E-state index contributed by atoms with van der Waals surface area (Å²) in [6.45, 7) is 5.14. The molecule has 7 nitrogen and oxygen atoms in total. The van der Waals surface area contributed by atoms with Gasteiger partial charge in [-0.05, 0) is 31.7 Å². The van der Waals surface area contributed by atoms with Gasteiger partial charge in [-0.25, -0.2) is 0 Å². The summed E-state index contributed by atoms with van der Waals surface area (Å²) in [5, 5.41) is 17.9. The number of hydrogen-bond acceptors (Lipinski definition) is 5. The lowest BCUT2D eigenvalue weighted by Gasteiger charge is -2.34. The van der Waals surface area contributed by atoms with Gasteiger partial charge in [-0.2, -0.15) is 5.10 Å². The van der Waals surface area contributed by atoms with Crippen molar-refractivity contribution >= 4 is 5.91 Å². The Morgan fingerprint density at radius 1 is 1.42 bits per heavy atom. The zero-order chi connectivity index (χ0) is 17.1. The summed E-state index contributed by atoms with van der Waals surface area (Å²) in [6, 6.07) is 0.0001000. The van der Waals surface area contributed by atoms with Crippen LogP contribution in [-0.4, -0.2) is 70.2 Å². The van der Waals surface area contributed by atoms with Crippen molar-refractivity contribution in [2.45, 2.75) is 50.8 Å². The van der Waals surface area contributed by atoms with Crippen molar-refractivity contribution in [3.8, 4) is 0 Å². The number of carbonyl (C=O) groups excluding carboxylic acids is 1. The molecule has 0 bridgehead atoms. The number of rotatable bonds is 5. The Kier molecular flexibility index (Phi) is 5.53. The summed E-state index contributed by atoms with van der Waals surface area (Å²) in [6.07, 6.45) is 4.34. The molecule has 1 aromatic rings. The number of nitrogens with one attached hydrogen (secondary N) is 1. The molecule has 134 valence electrons. The fraction of sp³-hybridized carbons (Fsp3) is 0.765. The molecular weight excluding hydrogens is 308 g/mol. The van der Waals surface area contributed by atoms with E-state index in [1.807, 2.05) is 20.2 Å². The summed E-state index contributed by atoms with van der Waals surface area (Å²) in [5.41, 5.74) is 2.07. The van der Waals surface area contributed by atoms with Crippen LogP contribution in [0.3, 0.4) is 0 Å². The van der Waals surface area contributed by atoms with Gasteiger partial charge >= 0.3 is 0 Å². The first kappa shape index (κ1) is 17.4. The van der Waals surface area contributed by atoms with E-state index in [2.05, 4.69) is 15.3 Å². The summed E-state index contributed by atoms with van der Waals surface area (Å²) in [5.74, 6) is 0.00457. The highest BCUT2D eigenvalue weighted by Gasteiger charge is 2.39. The van der Waals surface area contributed by atoms with Gasteiger partial charge < -0.3 is 15.2 Å².